The van der Waals surface area contributed by atoms with Crippen molar-refractivity contribution in [3.05, 3.63) is 70.3 Å². The van der Waals surface area contributed by atoms with Gasteiger partial charge in [-0.3, -0.25) is 0 Å². The molecular formula is C32H48O2. The number of aromatic hydroxyl groups is 2. The van der Waals surface area contributed by atoms with Crippen molar-refractivity contribution < 1.29 is 10.2 Å². The zero-order valence-electron chi connectivity index (χ0n) is 23.8. The van der Waals surface area contributed by atoms with Crippen molar-refractivity contribution >= 4 is 0 Å². The number of phenols is 2. The van der Waals surface area contributed by atoms with Gasteiger partial charge < -0.3 is 10.2 Å². The molecule has 0 aliphatic heterocycles. The Balaban J connectivity index is 3.01. The maximum atomic E-state index is 11.6. The third kappa shape index (κ3) is 5.88. The highest BCUT2D eigenvalue weighted by Crippen LogP contribution is 2.48. The Morgan fingerprint density at radius 1 is 0.618 bits per heavy atom. The summed E-state index contributed by atoms with van der Waals surface area (Å²) < 4.78 is 0. The van der Waals surface area contributed by atoms with Crippen LogP contribution in [0.25, 0.3) is 0 Å². The molecule has 188 valence electrons. The van der Waals surface area contributed by atoms with Crippen LogP contribution in [-0.4, -0.2) is 10.2 Å². The van der Waals surface area contributed by atoms with Crippen LogP contribution in [0.2, 0.25) is 0 Å². The summed E-state index contributed by atoms with van der Waals surface area (Å²) in [5.41, 5.74) is 5.37. The normalized spacial score (nSPS) is 13.4. The molecule has 2 N–H and O–H groups in total. The van der Waals surface area contributed by atoms with Gasteiger partial charge in [0, 0.05) is 17.0 Å². The van der Waals surface area contributed by atoms with Gasteiger partial charge in [-0.05, 0) is 50.3 Å². The van der Waals surface area contributed by atoms with Crippen LogP contribution in [0.4, 0.5) is 0 Å². The Morgan fingerprint density at radius 3 is 1.18 bits per heavy atom. The Hall–Kier alpha value is -2.22. The fourth-order valence-corrected chi connectivity index (χ4v) is 4.44. The lowest BCUT2D eigenvalue weighted by atomic mass is 9.73. The second kappa shape index (κ2) is 9.10. The maximum absolute atomic E-state index is 11.6. The Labute approximate surface area is 209 Å². The summed E-state index contributed by atoms with van der Waals surface area (Å²) in [5, 5.41) is 23.2. The first-order valence-electron chi connectivity index (χ1n) is 12.6. The maximum Gasteiger partial charge on any atom is 0.123 e. The van der Waals surface area contributed by atoms with Gasteiger partial charge in [-0.25, -0.2) is 0 Å². The number of phenolic OH excluding ortho intramolecular Hbond substituents is 2. The van der Waals surface area contributed by atoms with Crippen molar-refractivity contribution in [3.63, 3.8) is 0 Å². The third-order valence-electron chi connectivity index (χ3n) is 6.78. The molecule has 0 aromatic heterocycles. The average Bonchev–Trinajstić information content (AvgIpc) is 2.63. The number of hydrogen-bond acceptors (Lipinski definition) is 2. The topological polar surface area (TPSA) is 40.5 Å². The molecule has 0 saturated carbocycles. The van der Waals surface area contributed by atoms with Crippen LogP contribution in [0, 0.1) is 0 Å². The first-order valence-corrected chi connectivity index (χ1v) is 12.6. The van der Waals surface area contributed by atoms with Gasteiger partial charge in [-0.15, -0.1) is 6.58 Å². The lowest BCUT2D eigenvalue weighted by Crippen LogP contribution is -2.20. The van der Waals surface area contributed by atoms with E-state index >= 15 is 0 Å². The van der Waals surface area contributed by atoms with E-state index in [-0.39, 0.29) is 27.6 Å². The molecule has 2 aromatic carbocycles. The van der Waals surface area contributed by atoms with E-state index in [0.717, 1.165) is 22.3 Å². The summed E-state index contributed by atoms with van der Waals surface area (Å²) in [6.45, 7) is 30.1. The Bertz CT molecular complexity index is 963. The molecule has 0 atom stereocenters. The standard InChI is InChI=1S/C32H48O2/c1-14-15-22(23-16-20(29(2,3)4)18-25(27(23)33)31(8,9)10)24-17-21(30(5,6)7)19-26(28(24)34)32(11,12)13/h14,16-19,22,33-34H,1,15H2,2-13H3. The zero-order valence-corrected chi connectivity index (χ0v) is 23.8. The van der Waals surface area contributed by atoms with Crippen LogP contribution in [0.3, 0.4) is 0 Å². The highest BCUT2D eigenvalue weighted by molar-refractivity contribution is 5.57. The van der Waals surface area contributed by atoms with E-state index in [9.17, 15) is 10.2 Å². The molecule has 0 radical (unpaired) electrons. The van der Waals surface area contributed by atoms with E-state index in [1.54, 1.807) is 0 Å². The monoisotopic (exact) mass is 464 g/mol. The van der Waals surface area contributed by atoms with Crippen LogP contribution >= 0.6 is 0 Å². The predicted octanol–water partition coefficient (Wildman–Crippen LogP) is 9.00. The molecule has 34 heavy (non-hydrogen) atoms. The van der Waals surface area contributed by atoms with E-state index in [4.69, 9.17) is 0 Å². The van der Waals surface area contributed by atoms with E-state index in [1.165, 1.54) is 11.1 Å². The molecule has 2 rings (SSSR count). The van der Waals surface area contributed by atoms with Gasteiger partial charge in [0.1, 0.15) is 11.5 Å². The summed E-state index contributed by atoms with van der Waals surface area (Å²) in [6, 6.07) is 8.57. The molecule has 0 heterocycles. The molecular weight excluding hydrogens is 416 g/mol. The Kier molecular flexibility index (Phi) is 7.50. The van der Waals surface area contributed by atoms with Crippen molar-refractivity contribution in [1.82, 2.24) is 0 Å². The van der Waals surface area contributed by atoms with Gasteiger partial charge >= 0.3 is 0 Å². The van der Waals surface area contributed by atoms with E-state index in [0.29, 0.717) is 17.9 Å². The molecule has 0 bridgehead atoms. The molecule has 0 spiro atoms. The molecule has 0 aliphatic rings. The summed E-state index contributed by atoms with van der Waals surface area (Å²) in [4.78, 5) is 0. The van der Waals surface area contributed by atoms with E-state index in [1.807, 2.05) is 6.08 Å². The van der Waals surface area contributed by atoms with E-state index in [2.05, 4.69) is 114 Å². The largest absolute Gasteiger partial charge is 0.507 e. The van der Waals surface area contributed by atoms with E-state index < -0.39 is 0 Å². The van der Waals surface area contributed by atoms with Gasteiger partial charge in [-0.1, -0.05) is 113 Å². The van der Waals surface area contributed by atoms with Crippen LogP contribution in [0.15, 0.2) is 36.9 Å². The minimum Gasteiger partial charge on any atom is -0.507 e. The van der Waals surface area contributed by atoms with Gasteiger partial charge in [0.25, 0.3) is 0 Å². The first kappa shape index (κ1) is 28.0. The molecule has 0 saturated heterocycles. The molecule has 2 nitrogen and oxygen atoms in total. The summed E-state index contributed by atoms with van der Waals surface area (Å²) in [7, 11) is 0. The predicted molar refractivity (Wildman–Crippen MR) is 148 cm³/mol. The minimum atomic E-state index is -0.218. The fraction of sp³-hybridized carbons (Fsp3) is 0.562. The van der Waals surface area contributed by atoms with Crippen molar-refractivity contribution in [2.24, 2.45) is 0 Å². The summed E-state index contributed by atoms with van der Waals surface area (Å²) in [6.07, 6.45) is 2.51. The lowest BCUT2D eigenvalue weighted by Gasteiger charge is -2.32. The second-order valence-electron chi connectivity index (χ2n) is 14.0. The molecule has 0 unspecified atom stereocenters. The van der Waals surface area contributed by atoms with Gasteiger partial charge in [0.15, 0.2) is 0 Å². The molecule has 0 aliphatic carbocycles. The average molecular weight is 465 g/mol. The smallest absolute Gasteiger partial charge is 0.123 e. The highest BCUT2D eigenvalue weighted by Gasteiger charge is 2.32. The number of allylic oxidation sites excluding steroid dienone is 1. The van der Waals surface area contributed by atoms with Crippen molar-refractivity contribution in [2.45, 2.75) is 117 Å². The summed E-state index contributed by atoms with van der Waals surface area (Å²) >= 11 is 0. The van der Waals surface area contributed by atoms with Crippen molar-refractivity contribution in [3.8, 4) is 11.5 Å². The first-order chi connectivity index (χ1) is 15.2. The SMILES string of the molecule is C=CCC(c1cc(C(C)(C)C)cc(C(C)(C)C)c1O)c1cc(C(C)(C)C)cc(C(C)(C)C)c1O. The summed E-state index contributed by atoms with van der Waals surface area (Å²) in [5.74, 6) is 0.444. The Morgan fingerprint density at radius 2 is 0.941 bits per heavy atom. The van der Waals surface area contributed by atoms with Crippen LogP contribution < -0.4 is 0 Å². The van der Waals surface area contributed by atoms with Crippen LogP contribution in [-0.2, 0) is 21.7 Å². The van der Waals surface area contributed by atoms with Crippen molar-refractivity contribution in [1.29, 1.82) is 0 Å². The second-order valence-corrected chi connectivity index (χ2v) is 14.0. The highest BCUT2D eigenvalue weighted by atomic mass is 16.3. The molecule has 2 heteroatoms. The molecule has 0 fully saturated rings. The quantitative estimate of drug-likeness (QED) is 0.443. The fourth-order valence-electron chi connectivity index (χ4n) is 4.44. The lowest BCUT2D eigenvalue weighted by molar-refractivity contribution is 0.425. The number of hydrogen-bond donors (Lipinski definition) is 2. The third-order valence-corrected chi connectivity index (χ3v) is 6.78. The van der Waals surface area contributed by atoms with Crippen LogP contribution in [0.1, 0.15) is 129 Å². The zero-order chi connectivity index (χ0) is 26.4. The van der Waals surface area contributed by atoms with Crippen molar-refractivity contribution in [2.75, 3.05) is 0 Å². The number of rotatable bonds is 4. The minimum absolute atomic E-state index is 0.0763. The van der Waals surface area contributed by atoms with Gasteiger partial charge in [0.2, 0.25) is 0 Å². The van der Waals surface area contributed by atoms with Gasteiger partial charge in [0.05, 0.1) is 0 Å². The van der Waals surface area contributed by atoms with Crippen LogP contribution in [0.5, 0.6) is 11.5 Å². The van der Waals surface area contributed by atoms with Gasteiger partial charge in [-0.2, -0.15) is 0 Å². The molecule has 2 aromatic rings. The molecule has 0 amide bonds. The number of benzene rings is 2.